The lowest BCUT2D eigenvalue weighted by Crippen LogP contribution is -2.45. The molecule has 23 heavy (non-hydrogen) atoms. The van der Waals surface area contributed by atoms with E-state index in [1.54, 1.807) is 0 Å². The van der Waals surface area contributed by atoms with Crippen LogP contribution in [-0.2, 0) is 9.47 Å². The second kappa shape index (κ2) is 5.64. The van der Waals surface area contributed by atoms with E-state index in [0.717, 1.165) is 6.42 Å². The van der Waals surface area contributed by atoms with Crippen molar-refractivity contribution in [1.82, 2.24) is 4.98 Å². The molecule has 2 heterocycles. The van der Waals surface area contributed by atoms with E-state index in [-0.39, 0.29) is 0 Å². The van der Waals surface area contributed by atoms with Crippen molar-refractivity contribution < 1.29 is 37.2 Å². The molecule has 1 saturated carbocycles. The zero-order valence-electron chi connectivity index (χ0n) is 11.8. The SMILES string of the molecule is OC1=C(c2c(F)c(F)nc(F)c2F)C(O)OC2(CCCCC2)O1. The highest BCUT2D eigenvalue weighted by atomic mass is 19.2. The monoisotopic (exact) mass is 335 g/mol. The van der Waals surface area contributed by atoms with Crippen molar-refractivity contribution in [2.45, 2.75) is 44.2 Å². The van der Waals surface area contributed by atoms with Crippen LogP contribution in [0.25, 0.3) is 5.57 Å². The number of pyridine rings is 1. The molecule has 3 rings (SSSR count). The molecule has 2 aliphatic rings. The Morgan fingerprint density at radius 1 is 1.00 bits per heavy atom. The van der Waals surface area contributed by atoms with E-state index in [1.807, 2.05) is 0 Å². The molecule has 1 aliphatic carbocycles. The number of nitrogens with zero attached hydrogens (tertiary/aromatic N) is 1. The largest absolute Gasteiger partial charge is 0.481 e. The second-order valence-electron chi connectivity index (χ2n) is 5.46. The first kappa shape index (κ1) is 16.0. The molecule has 126 valence electrons. The number of aromatic nitrogens is 1. The predicted molar refractivity (Wildman–Crippen MR) is 67.6 cm³/mol. The summed E-state index contributed by atoms with van der Waals surface area (Å²) in [4.78, 5) is 2.41. The van der Waals surface area contributed by atoms with Gasteiger partial charge in [-0.3, -0.25) is 0 Å². The summed E-state index contributed by atoms with van der Waals surface area (Å²) in [5.41, 5.74) is -2.23. The second-order valence-corrected chi connectivity index (χ2v) is 5.46. The molecular formula is C14H13F4NO4. The topological polar surface area (TPSA) is 71.8 Å². The Balaban J connectivity index is 2.08. The first-order chi connectivity index (χ1) is 10.8. The van der Waals surface area contributed by atoms with Crippen LogP contribution in [0.2, 0.25) is 0 Å². The van der Waals surface area contributed by atoms with Gasteiger partial charge in [0.05, 0.1) is 5.56 Å². The van der Waals surface area contributed by atoms with Gasteiger partial charge in [-0.25, -0.2) is 8.78 Å². The lowest BCUT2D eigenvalue weighted by Gasteiger charge is -2.42. The summed E-state index contributed by atoms with van der Waals surface area (Å²) in [5, 5.41) is 20.0. The van der Waals surface area contributed by atoms with Gasteiger partial charge in [0.1, 0.15) is 5.57 Å². The normalized spacial score (nSPS) is 24.0. The molecule has 0 bridgehead atoms. The summed E-state index contributed by atoms with van der Waals surface area (Å²) in [5.74, 6) is -9.91. The number of halogens is 4. The summed E-state index contributed by atoms with van der Waals surface area (Å²) in [6.07, 6.45) is 1.02. The van der Waals surface area contributed by atoms with Crippen LogP contribution in [0.3, 0.4) is 0 Å². The highest BCUT2D eigenvalue weighted by Crippen LogP contribution is 2.43. The van der Waals surface area contributed by atoms with Gasteiger partial charge in [0, 0.05) is 12.8 Å². The Morgan fingerprint density at radius 3 is 2.09 bits per heavy atom. The smallest absolute Gasteiger partial charge is 0.288 e. The fraction of sp³-hybridized carbons (Fsp3) is 0.500. The number of rotatable bonds is 1. The minimum atomic E-state index is -2.01. The molecule has 1 atom stereocenters. The third-order valence-electron chi connectivity index (χ3n) is 3.97. The third-order valence-corrected chi connectivity index (χ3v) is 3.97. The first-order valence-electron chi connectivity index (χ1n) is 7.03. The lowest BCUT2D eigenvalue weighted by molar-refractivity contribution is -0.306. The van der Waals surface area contributed by atoms with Crippen molar-refractivity contribution >= 4 is 5.57 Å². The van der Waals surface area contributed by atoms with Crippen molar-refractivity contribution in [2.75, 3.05) is 0 Å². The lowest BCUT2D eigenvalue weighted by atomic mass is 9.93. The van der Waals surface area contributed by atoms with Crippen LogP contribution in [0.4, 0.5) is 17.6 Å². The molecule has 2 N–H and O–H groups in total. The van der Waals surface area contributed by atoms with E-state index in [1.165, 1.54) is 0 Å². The molecular weight excluding hydrogens is 322 g/mol. The average Bonchev–Trinajstić information content (AvgIpc) is 2.48. The fourth-order valence-electron chi connectivity index (χ4n) is 2.89. The van der Waals surface area contributed by atoms with Crippen molar-refractivity contribution in [3.63, 3.8) is 0 Å². The maximum Gasteiger partial charge on any atom is 0.288 e. The zero-order valence-corrected chi connectivity index (χ0v) is 11.8. The van der Waals surface area contributed by atoms with Gasteiger partial charge in [-0.05, 0) is 12.8 Å². The van der Waals surface area contributed by atoms with Gasteiger partial charge in [0.2, 0.25) is 5.79 Å². The van der Waals surface area contributed by atoms with E-state index in [0.29, 0.717) is 25.7 Å². The van der Waals surface area contributed by atoms with Gasteiger partial charge in [0.25, 0.3) is 17.8 Å². The Morgan fingerprint density at radius 2 is 1.57 bits per heavy atom. The predicted octanol–water partition coefficient (Wildman–Crippen LogP) is 2.89. The van der Waals surface area contributed by atoms with Crippen LogP contribution in [0, 0.1) is 23.5 Å². The molecule has 1 aromatic heterocycles. The van der Waals surface area contributed by atoms with E-state index < -0.39 is 52.7 Å². The summed E-state index contributed by atoms with van der Waals surface area (Å²) in [6.45, 7) is 0. The van der Waals surface area contributed by atoms with Crippen molar-refractivity contribution in [3.05, 3.63) is 35.0 Å². The molecule has 0 radical (unpaired) electrons. The molecule has 1 aromatic rings. The maximum absolute atomic E-state index is 13.8. The molecule has 1 fully saturated rings. The van der Waals surface area contributed by atoms with E-state index >= 15 is 0 Å². The molecule has 1 unspecified atom stereocenters. The van der Waals surface area contributed by atoms with Gasteiger partial charge >= 0.3 is 0 Å². The summed E-state index contributed by atoms with van der Waals surface area (Å²) in [7, 11) is 0. The molecule has 0 saturated heterocycles. The molecule has 9 heteroatoms. The van der Waals surface area contributed by atoms with Crippen LogP contribution in [0.5, 0.6) is 0 Å². The van der Waals surface area contributed by atoms with Gasteiger partial charge in [-0.15, -0.1) is 0 Å². The van der Waals surface area contributed by atoms with Gasteiger partial charge in [-0.2, -0.15) is 13.8 Å². The van der Waals surface area contributed by atoms with E-state index in [9.17, 15) is 27.8 Å². The Kier molecular flexibility index (Phi) is 3.93. The van der Waals surface area contributed by atoms with Gasteiger partial charge in [-0.1, -0.05) is 6.42 Å². The van der Waals surface area contributed by atoms with Gasteiger partial charge < -0.3 is 19.7 Å². The molecule has 1 spiro atoms. The Labute approximate surface area is 128 Å². The van der Waals surface area contributed by atoms with Crippen molar-refractivity contribution in [2.24, 2.45) is 0 Å². The standard InChI is InChI=1S/C14H13F4NO4/c15-8-6(9(16)11(18)19-10(8)17)7-12(20)22-14(23-13(7)21)4-2-1-3-5-14/h12,20-21H,1-5H2. The van der Waals surface area contributed by atoms with Crippen molar-refractivity contribution in [1.29, 1.82) is 0 Å². The quantitative estimate of drug-likeness (QED) is 0.610. The van der Waals surface area contributed by atoms with Crippen LogP contribution in [-0.4, -0.2) is 27.3 Å². The highest BCUT2D eigenvalue weighted by Gasteiger charge is 2.46. The maximum atomic E-state index is 13.8. The zero-order chi connectivity index (χ0) is 16.8. The minimum absolute atomic E-state index is 0.353. The number of hydrogen-bond acceptors (Lipinski definition) is 5. The third kappa shape index (κ3) is 2.63. The minimum Gasteiger partial charge on any atom is -0.481 e. The summed E-state index contributed by atoms with van der Waals surface area (Å²) >= 11 is 0. The number of hydrogen-bond donors (Lipinski definition) is 2. The molecule has 0 amide bonds. The van der Waals surface area contributed by atoms with Crippen molar-refractivity contribution in [3.8, 4) is 0 Å². The van der Waals surface area contributed by atoms with Crippen LogP contribution in [0.1, 0.15) is 37.7 Å². The first-order valence-corrected chi connectivity index (χ1v) is 7.03. The molecule has 0 aromatic carbocycles. The summed E-state index contributed by atoms with van der Waals surface area (Å²) < 4.78 is 64.5. The number of aliphatic hydroxyl groups is 2. The molecule has 5 nitrogen and oxygen atoms in total. The Bertz CT molecular complexity index is 647. The number of ether oxygens (including phenoxy) is 2. The summed E-state index contributed by atoms with van der Waals surface area (Å²) in [6, 6.07) is 0. The average molecular weight is 335 g/mol. The molecule has 1 aliphatic heterocycles. The van der Waals surface area contributed by atoms with E-state index in [4.69, 9.17) is 9.47 Å². The van der Waals surface area contributed by atoms with Crippen LogP contribution in [0.15, 0.2) is 5.95 Å². The number of aliphatic hydroxyl groups excluding tert-OH is 2. The highest BCUT2D eigenvalue weighted by molar-refractivity contribution is 5.69. The Hall–Kier alpha value is -1.87. The van der Waals surface area contributed by atoms with Crippen LogP contribution >= 0.6 is 0 Å². The van der Waals surface area contributed by atoms with Gasteiger partial charge in [0.15, 0.2) is 17.9 Å². The van der Waals surface area contributed by atoms with Crippen LogP contribution < -0.4 is 0 Å². The fourth-order valence-corrected chi connectivity index (χ4v) is 2.89. The van der Waals surface area contributed by atoms with E-state index in [2.05, 4.69) is 4.98 Å².